The number of aromatic amines is 1. The number of rotatable bonds is 5. The zero-order valence-corrected chi connectivity index (χ0v) is 21.0. The van der Waals surface area contributed by atoms with Crippen LogP contribution in [-0.4, -0.2) is 34.4 Å². The monoisotopic (exact) mass is 521 g/mol. The Labute approximate surface area is 221 Å². The Bertz CT molecular complexity index is 1980. The maximum Gasteiger partial charge on any atom is 0.265 e. The fraction of sp³-hybridized carbons (Fsp3) is 0.172. The summed E-state index contributed by atoms with van der Waals surface area (Å²) in [4.78, 5) is 25.7. The Kier molecular flexibility index (Phi) is 5.14. The van der Waals surface area contributed by atoms with Crippen LogP contribution >= 0.6 is 0 Å². The van der Waals surface area contributed by atoms with Gasteiger partial charge in [0.2, 0.25) is 5.95 Å². The molecule has 0 bridgehead atoms. The summed E-state index contributed by atoms with van der Waals surface area (Å²) >= 11 is 0. The van der Waals surface area contributed by atoms with Crippen LogP contribution in [0.3, 0.4) is 0 Å². The number of nitrogens with zero attached hydrogens (tertiary/aromatic N) is 5. The van der Waals surface area contributed by atoms with Crippen molar-refractivity contribution in [1.82, 2.24) is 29.3 Å². The van der Waals surface area contributed by atoms with Crippen LogP contribution in [0.2, 0.25) is 0 Å². The van der Waals surface area contributed by atoms with Crippen molar-refractivity contribution in [3.8, 4) is 28.3 Å². The van der Waals surface area contributed by atoms with Crippen LogP contribution in [0.5, 0.6) is 0 Å². The lowest BCUT2D eigenvalue weighted by atomic mass is 10.00. The minimum atomic E-state index is -0.532. The lowest BCUT2D eigenvalue weighted by Gasteiger charge is -2.16. The SMILES string of the molecule is Cn1ccc(-c2cc3c(-c4cccc(-n5ccc6cc(C7CC7)cc(F)c6c5=O)c4CO)nc(N)nc3[nH]2)n1. The smallest absolute Gasteiger partial charge is 0.265 e. The number of anilines is 1. The minimum Gasteiger partial charge on any atom is -0.392 e. The van der Waals surface area contributed by atoms with Crippen molar-refractivity contribution in [2.45, 2.75) is 25.4 Å². The van der Waals surface area contributed by atoms with Crippen molar-refractivity contribution >= 4 is 27.8 Å². The predicted molar refractivity (Wildman–Crippen MR) is 147 cm³/mol. The fourth-order valence-electron chi connectivity index (χ4n) is 5.31. The van der Waals surface area contributed by atoms with E-state index in [1.807, 2.05) is 31.4 Å². The van der Waals surface area contributed by atoms with Gasteiger partial charge in [-0.1, -0.05) is 18.2 Å². The molecule has 4 aromatic heterocycles. The number of hydrogen-bond acceptors (Lipinski definition) is 6. The largest absolute Gasteiger partial charge is 0.392 e. The number of nitrogens with one attached hydrogen (secondary N) is 1. The maximum absolute atomic E-state index is 15.2. The Hall–Kier alpha value is -4.83. The van der Waals surface area contributed by atoms with Gasteiger partial charge in [-0.05, 0) is 60.0 Å². The Morgan fingerprint density at radius 3 is 2.72 bits per heavy atom. The van der Waals surface area contributed by atoms with Crippen molar-refractivity contribution in [3.05, 3.63) is 88.2 Å². The van der Waals surface area contributed by atoms with Gasteiger partial charge in [0.15, 0.2) is 0 Å². The van der Waals surface area contributed by atoms with Crippen LogP contribution in [0.4, 0.5) is 10.3 Å². The molecule has 0 aliphatic heterocycles. The van der Waals surface area contributed by atoms with E-state index in [2.05, 4.69) is 20.1 Å². The van der Waals surface area contributed by atoms with Crippen LogP contribution in [0.25, 0.3) is 50.1 Å². The van der Waals surface area contributed by atoms with Crippen molar-refractivity contribution < 1.29 is 9.50 Å². The van der Waals surface area contributed by atoms with Crippen molar-refractivity contribution in [1.29, 1.82) is 0 Å². The average molecular weight is 522 g/mol. The molecule has 4 heterocycles. The van der Waals surface area contributed by atoms with E-state index in [-0.39, 0.29) is 17.9 Å². The molecule has 7 rings (SSSR count). The number of hydrogen-bond donors (Lipinski definition) is 3. The number of H-pyrrole nitrogens is 1. The third kappa shape index (κ3) is 3.79. The number of halogens is 1. The number of nitrogen functional groups attached to an aromatic ring is 1. The summed E-state index contributed by atoms with van der Waals surface area (Å²) in [7, 11) is 1.83. The van der Waals surface area contributed by atoms with Crippen molar-refractivity contribution in [2.75, 3.05) is 5.73 Å². The average Bonchev–Trinajstić information content (AvgIpc) is 3.55. The van der Waals surface area contributed by atoms with Crippen molar-refractivity contribution in [2.24, 2.45) is 7.05 Å². The number of fused-ring (bicyclic) bond motifs is 2. The van der Waals surface area contributed by atoms with Crippen LogP contribution in [0.15, 0.2) is 65.7 Å². The zero-order chi connectivity index (χ0) is 26.8. The molecule has 0 atom stereocenters. The number of pyridine rings is 1. The second-order valence-corrected chi connectivity index (χ2v) is 9.94. The van der Waals surface area contributed by atoms with Gasteiger partial charge in [-0.25, -0.2) is 9.37 Å². The van der Waals surface area contributed by atoms with E-state index in [0.29, 0.717) is 44.8 Å². The second kappa shape index (κ2) is 8.60. The molecule has 4 N–H and O–H groups in total. The summed E-state index contributed by atoms with van der Waals surface area (Å²) in [5, 5.41) is 16.2. The molecule has 1 saturated carbocycles. The van der Waals surface area contributed by atoms with Crippen LogP contribution in [0.1, 0.15) is 29.9 Å². The first kappa shape index (κ1) is 23.3. The van der Waals surface area contributed by atoms with Gasteiger partial charge in [0.25, 0.3) is 5.56 Å². The zero-order valence-electron chi connectivity index (χ0n) is 21.0. The van der Waals surface area contributed by atoms with Gasteiger partial charge in [0, 0.05) is 36.0 Å². The number of aliphatic hydroxyl groups is 1. The normalized spacial score (nSPS) is 13.5. The number of nitrogens with two attached hydrogens (primary N) is 1. The summed E-state index contributed by atoms with van der Waals surface area (Å²) in [6.07, 6.45) is 5.55. The molecule has 0 radical (unpaired) electrons. The quantitative estimate of drug-likeness (QED) is 0.308. The van der Waals surface area contributed by atoms with E-state index in [1.165, 1.54) is 10.6 Å². The van der Waals surface area contributed by atoms with Gasteiger partial charge in [0.05, 0.1) is 29.1 Å². The molecule has 0 unspecified atom stereocenters. The number of aromatic nitrogens is 6. The first-order valence-electron chi connectivity index (χ1n) is 12.7. The molecule has 9 nitrogen and oxygen atoms in total. The topological polar surface area (TPSA) is 128 Å². The lowest BCUT2D eigenvalue weighted by molar-refractivity contribution is 0.282. The maximum atomic E-state index is 15.2. The van der Waals surface area contributed by atoms with Gasteiger partial charge >= 0.3 is 0 Å². The first-order valence-corrected chi connectivity index (χ1v) is 12.7. The predicted octanol–water partition coefficient (Wildman–Crippen LogP) is 4.42. The summed E-state index contributed by atoms with van der Waals surface area (Å²) in [5.74, 6) is -0.111. The molecule has 10 heteroatoms. The highest BCUT2D eigenvalue weighted by molar-refractivity contribution is 5.96. The van der Waals surface area contributed by atoms with Gasteiger partial charge < -0.3 is 15.8 Å². The summed E-state index contributed by atoms with van der Waals surface area (Å²) in [6, 6.07) is 14.2. The molecule has 194 valence electrons. The number of aryl methyl sites for hydroxylation is 1. The van der Waals surface area contributed by atoms with E-state index in [0.717, 1.165) is 29.8 Å². The van der Waals surface area contributed by atoms with E-state index in [9.17, 15) is 9.90 Å². The van der Waals surface area contributed by atoms with Gasteiger partial charge in [-0.15, -0.1) is 0 Å². The van der Waals surface area contributed by atoms with E-state index in [4.69, 9.17) is 5.73 Å². The highest BCUT2D eigenvalue weighted by atomic mass is 19.1. The molecule has 39 heavy (non-hydrogen) atoms. The molecular formula is C29H24FN7O2. The van der Waals surface area contributed by atoms with E-state index in [1.54, 1.807) is 35.1 Å². The molecule has 0 saturated heterocycles. The van der Waals surface area contributed by atoms with Crippen molar-refractivity contribution in [3.63, 3.8) is 0 Å². The summed E-state index contributed by atoms with van der Waals surface area (Å²) in [5.41, 5.74) is 10.4. The second-order valence-electron chi connectivity index (χ2n) is 9.94. The first-order chi connectivity index (χ1) is 18.9. The molecule has 1 aliphatic rings. The third-order valence-electron chi connectivity index (χ3n) is 7.35. The molecule has 1 aliphatic carbocycles. The van der Waals surface area contributed by atoms with Crippen LogP contribution in [-0.2, 0) is 13.7 Å². The van der Waals surface area contributed by atoms with Crippen LogP contribution < -0.4 is 11.3 Å². The Morgan fingerprint density at radius 1 is 1.13 bits per heavy atom. The summed E-state index contributed by atoms with van der Waals surface area (Å²) < 4.78 is 18.2. The Balaban J connectivity index is 1.42. The van der Waals surface area contributed by atoms with Crippen LogP contribution in [0, 0.1) is 5.82 Å². The third-order valence-corrected chi connectivity index (χ3v) is 7.35. The van der Waals surface area contributed by atoms with E-state index < -0.39 is 11.4 Å². The molecule has 0 amide bonds. The number of benzene rings is 2. The van der Waals surface area contributed by atoms with Gasteiger partial charge in [-0.3, -0.25) is 14.0 Å². The fourth-order valence-corrected chi connectivity index (χ4v) is 5.31. The molecule has 6 aromatic rings. The Morgan fingerprint density at radius 2 is 1.97 bits per heavy atom. The molecule has 2 aromatic carbocycles. The van der Waals surface area contributed by atoms with Gasteiger partial charge in [-0.2, -0.15) is 10.1 Å². The summed E-state index contributed by atoms with van der Waals surface area (Å²) in [6.45, 7) is -0.387. The van der Waals surface area contributed by atoms with E-state index >= 15 is 4.39 Å². The number of aliphatic hydroxyl groups excluding tert-OH is 1. The highest BCUT2D eigenvalue weighted by Crippen LogP contribution is 2.41. The minimum absolute atomic E-state index is 0.0236. The molecule has 1 fully saturated rings. The molecule has 0 spiro atoms. The highest BCUT2D eigenvalue weighted by Gasteiger charge is 2.25. The molecular weight excluding hydrogens is 497 g/mol. The lowest BCUT2D eigenvalue weighted by Crippen LogP contribution is -2.20. The van der Waals surface area contributed by atoms with Gasteiger partial charge in [0.1, 0.15) is 17.2 Å². The standard InChI is InChI=1S/C29H24FN7O2/c1-36-9-8-22(35-36)23-13-19-26(33-29(31)34-27(19)32-23)18-3-2-4-24(20(18)14-38)37-10-7-16-11-17(15-5-6-15)12-21(30)25(16)28(37)39/h2-4,7-13,15,38H,5-6,14H2,1H3,(H3,31,32,33,34).